The molecule has 0 unspecified atom stereocenters. The van der Waals surface area contributed by atoms with Crippen molar-refractivity contribution in [1.82, 2.24) is 20.2 Å². The molecule has 1 spiro atoms. The Morgan fingerprint density at radius 2 is 1.72 bits per heavy atom. The number of carbonyl (C=O) groups excluding carboxylic acids is 1. The van der Waals surface area contributed by atoms with Gasteiger partial charge in [0.15, 0.2) is 5.69 Å². The minimum atomic E-state index is -4.73. The van der Waals surface area contributed by atoms with E-state index in [1.54, 1.807) is 4.90 Å². The number of anilines is 2. The van der Waals surface area contributed by atoms with Crippen molar-refractivity contribution in [3.63, 3.8) is 0 Å². The fourth-order valence-corrected chi connectivity index (χ4v) is 5.76. The number of hydrogen-bond acceptors (Lipinski definition) is 6. The number of halogens is 3. The van der Waals surface area contributed by atoms with Crippen molar-refractivity contribution < 1.29 is 22.7 Å². The molecule has 194 valence electrons. The van der Waals surface area contributed by atoms with Crippen LogP contribution in [-0.2, 0) is 16.5 Å². The maximum atomic E-state index is 14.1. The number of nitrogens with zero attached hydrogens (tertiary/aromatic N) is 5. The van der Waals surface area contributed by atoms with Crippen LogP contribution in [0.15, 0.2) is 36.5 Å². The molecule has 1 aromatic carbocycles. The Bertz CT molecular complexity index is 1100. The molecule has 3 heterocycles. The lowest BCUT2D eigenvalue weighted by Gasteiger charge is -2.48. The van der Waals surface area contributed by atoms with E-state index in [4.69, 9.17) is 4.74 Å². The Morgan fingerprint density at radius 3 is 2.33 bits per heavy atom. The number of urea groups is 1. The molecule has 2 saturated heterocycles. The minimum Gasteiger partial charge on any atom is -0.378 e. The standard InChI is InChI=1S/C25H31F3N6O2/c1-32(2)24(18-6-4-3-5-7-18)10-8-23(9-11-24)17-34(22(35)31-23)19-16-29-21(30-20(19)25(26,27)28)33-12-14-36-15-13-33/h3-7,16H,8-15,17H2,1-2H3,(H,31,35). The lowest BCUT2D eigenvalue weighted by Crippen LogP contribution is -2.54. The first kappa shape index (κ1) is 24.8. The average Bonchev–Trinajstić information content (AvgIpc) is 3.20. The quantitative estimate of drug-likeness (QED) is 0.686. The van der Waals surface area contributed by atoms with E-state index in [1.807, 2.05) is 32.3 Å². The highest BCUT2D eigenvalue weighted by Crippen LogP contribution is 2.47. The SMILES string of the molecule is CN(C)C1(c2ccccc2)CCC2(CC1)CN(c1cnc(N3CCOCC3)nc1C(F)(F)F)C(=O)N2. The van der Waals surface area contributed by atoms with Crippen molar-refractivity contribution >= 4 is 17.7 Å². The number of benzene rings is 1. The van der Waals surface area contributed by atoms with Crippen LogP contribution in [-0.4, -0.2) is 73.4 Å². The summed E-state index contributed by atoms with van der Waals surface area (Å²) in [6, 6.07) is 9.70. The monoisotopic (exact) mass is 504 g/mol. The molecular weight excluding hydrogens is 473 g/mol. The van der Waals surface area contributed by atoms with Gasteiger partial charge < -0.3 is 15.0 Å². The summed E-state index contributed by atoms with van der Waals surface area (Å²) < 4.78 is 47.5. The van der Waals surface area contributed by atoms with E-state index >= 15 is 0 Å². The third-order valence-corrected chi connectivity index (χ3v) is 7.89. The molecule has 3 fully saturated rings. The highest BCUT2D eigenvalue weighted by Gasteiger charge is 2.51. The van der Waals surface area contributed by atoms with Gasteiger partial charge in [0, 0.05) is 18.6 Å². The Kier molecular flexibility index (Phi) is 6.32. The largest absolute Gasteiger partial charge is 0.435 e. The smallest absolute Gasteiger partial charge is 0.378 e. The second-order valence-electron chi connectivity index (χ2n) is 10.1. The van der Waals surface area contributed by atoms with Crippen LogP contribution < -0.4 is 15.1 Å². The van der Waals surface area contributed by atoms with Gasteiger partial charge in [-0.05, 0) is 45.3 Å². The van der Waals surface area contributed by atoms with Gasteiger partial charge in [-0.3, -0.25) is 9.80 Å². The summed E-state index contributed by atoms with van der Waals surface area (Å²) in [6.07, 6.45) is -0.744. The molecule has 36 heavy (non-hydrogen) atoms. The summed E-state index contributed by atoms with van der Waals surface area (Å²) in [5.74, 6) is -0.0000116. The van der Waals surface area contributed by atoms with Gasteiger partial charge >= 0.3 is 12.2 Å². The summed E-state index contributed by atoms with van der Waals surface area (Å²) >= 11 is 0. The van der Waals surface area contributed by atoms with E-state index < -0.39 is 23.4 Å². The van der Waals surface area contributed by atoms with E-state index in [-0.39, 0.29) is 23.7 Å². The zero-order chi connectivity index (χ0) is 25.6. The Morgan fingerprint density at radius 1 is 1.06 bits per heavy atom. The fraction of sp³-hybridized carbons (Fsp3) is 0.560. The van der Waals surface area contributed by atoms with Gasteiger partial charge in [0.25, 0.3) is 0 Å². The second-order valence-corrected chi connectivity index (χ2v) is 10.1. The molecule has 2 amide bonds. The molecule has 1 aromatic heterocycles. The van der Waals surface area contributed by atoms with Crippen LogP contribution in [0.25, 0.3) is 0 Å². The molecule has 1 saturated carbocycles. The number of nitrogens with one attached hydrogen (secondary N) is 1. The Labute approximate surface area is 208 Å². The zero-order valence-corrected chi connectivity index (χ0v) is 20.5. The molecule has 1 N–H and O–H groups in total. The third-order valence-electron chi connectivity index (χ3n) is 7.89. The van der Waals surface area contributed by atoms with Crippen LogP contribution >= 0.6 is 0 Å². The van der Waals surface area contributed by atoms with Crippen molar-refractivity contribution in [1.29, 1.82) is 0 Å². The van der Waals surface area contributed by atoms with Crippen molar-refractivity contribution in [3.05, 3.63) is 47.8 Å². The molecule has 0 radical (unpaired) electrons. The van der Waals surface area contributed by atoms with E-state index in [2.05, 4.69) is 32.3 Å². The van der Waals surface area contributed by atoms with E-state index in [9.17, 15) is 18.0 Å². The Hall–Kier alpha value is -2.92. The lowest BCUT2D eigenvalue weighted by atomic mass is 9.69. The predicted molar refractivity (Wildman–Crippen MR) is 129 cm³/mol. The van der Waals surface area contributed by atoms with Gasteiger partial charge in [0.2, 0.25) is 5.95 Å². The average molecular weight is 505 g/mol. The number of morpholine rings is 1. The van der Waals surface area contributed by atoms with Gasteiger partial charge in [0.05, 0.1) is 37.2 Å². The number of alkyl halides is 3. The maximum Gasteiger partial charge on any atom is 0.435 e. The molecule has 3 aliphatic rings. The van der Waals surface area contributed by atoms with Crippen LogP contribution in [0.5, 0.6) is 0 Å². The van der Waals surface area contributed by atoms with Crippen molar-refractivity contribution in [2.75, 3.05) is 56.7 Å². The van der Waals surface area contributed by atoms with Crippen molar-refractivity contribution in [3.8, 4) is 0 Å². The topological polar surface area (TPSA) is 73.8 Å². The summed E-state index contributed by atoms with van der Waals surface area (Å²) in [6.45, 7) is 1.79. The first-order valence-corrected chi connectivity index (χ1v) is 12.2. The molecule has 0 atom stereocenters. The Balaban J connectivity index is 1.40. The maximum absolute atomic E-state index is 14.1. The predicted octanol–water partition coefficient (Wildman–Crippen LogP) is 3.63. The normalized spacial score (nSPS) is 27.1. The minimum absolute atomic E-state index is 0.0000116. The van der Waals surface area contributed by atoms with Crippen LogP contribution in [0.3, 0.4) is 0 Å². The zero-order valence-electron chi connectivity index (χ0n) is 20.5. The van der Waals surface area contributed by atoms with Crippen LogP contribution in [0, 0.1) is 0 Å². The van der Waals surface area contributed by atoms with Gasteiger partial charge in [-0.25, -0.2) is 14.8 Å². The third kappa shape index (κ3) is 4.39. The molecule has 8 nitrogen and oxygen atoms in total. The molecule has 1 aliphatic carbocycles. The second kappa shape index (κ2) is 9.19. The number of hydrogen-bond donors (Lipinski definition) is 1. The van der Waals surface area contributed by atoms with E-state index in [0.29, 0.717) is 39.1 Å². The lowest BCUT2D eigenvalue weighted by molar-refractivity contribution is -0.140. The van der Waals surface area contributed by atoms with Crippen molar-refractivity contribution in [2.45, 2.75) is 42.9 Å². The highest BCUT2D eigenvalue weighted by atomic mass is 19.4. The number of carbonyl (C=O) groups is 1. The number of rotatable bonds is 4. The van der Waals surface area contributed by atoms with Gasteiger partial charge in [-0.15, -0.1) is 0 Å². The summed E-state index contributed by atoms with van der Waals surface area (Å²) in [5, 5.41) is 3.02. The first-order valence-electron chi connectivity index (χ1n) is 12.2. The van der Waals surface area contributed by atoms with E-state index in [0.717, 1.165) is 23.9 Å². The molecule has 5 rings (SSSR count). The van der Waals surface area contributed by atoms with Gasteiger partial charge in [0.1, 0.15) is 0 Å². The van der Waals surface area contributed by atoms with Gasteiger partial charge in [-0.1, -0.05) is 30.3 Å². The first-order chi connectivity index (χ1) is 17.1. The number of amides is 2. The summed E-state index contributed by atoms with van der Waals surface area (Å²) in [4.78, 5) is 26.2. The summed E-state index contributed by atoms with van der Waals surface area (Å²) in [7, 11) is 4.10. The molecule has 0 bridgehead atoms. The molecular formula is C25H31F3N6O2. The molecule has 2 aromatic rings. The van der Waals surface area contributed by atoms with E-state index in [1.165, 1.54) is 5.56 Å². The fourth-order valence-electron chi connectivity index (χ4n) is 5.76. The highest BCUT2D eigenvalue weighted by molar-refractivity contribution is 5.96. The van der Waals surface area contributed by atoms with Crippen LogP contribution in [0.1, 0.15) is 36.9 Å². The molecule has 11 heteroatoms. The van der Waals surface area contributed by atoms with Crippen LogP contribution in [0.4, 0.5) is 29.6 Å². The number of ether oxygens (including phenoxy) is 1. The van der Waals surface area contributed by atoms with Crippen LogP contribution in [0.2, 0.25) is 0 Å². The van der Waals surface area contributed by atoms with Gasteiger partial charge in [-0.2, -0.15) is 13.2 Å². The van der Waals surface area contributed by atoms with Crippen molar-refractivity contribution in [2.24, 2.45) is 0 Å². The summed E-state index contributed by atoms with van der Waals surface area (Å²) in [5.41, 5.74) is -0.977. The molecule has 2 aliphatic heterocycles. The number of aromatic nitrogens is 2.